The van der Waals surface area contributed by atoms with E-state index in [0.717, 1.165) is 12.3 Å². The highest BCUT2D eigenvalue weighted by atomic mass is 19.1. The number of nitrogens with zero attached hydrogens (tertiary/aromatic N) is 1. The number of nitrogens with one attached hydrogen (secondary N) is 1. The number of hydrogen-bond donors (Lipinski definition) is 2. The number of halogens is 1. The summed E-state index contributed by atoms with van der Waals surface area (Å²) in [5.74, 6) is -2.53. The van der Waals surface area contributed by atoms with Crippen molar-refractivity contribution in [3.63, 3.8) is 0 Å². The third kappa shape index (κ3) is 2.71. The van der Waals surface area contributed by atoms with Gasteiger partial charge in [0.1, 0.15) is 0 Å². The van der Waals surface area contributed by atoms with Crippen LogP contribution in [0, 0.1) is 11.9 Å². The van der Waals surface area contributed by atoms with Crippen LogP contribution in [-0.2, 0) is 4.79 Å². The molecule has 6 heteroatoms. The molecule has 0 spiro atoms. The van der Waals surface area contributed by atoms with Gasteiger partial charge in [0.2, 0.25) is 5.95 Å². The number of carboxylic acids is 1. The summed E-state index contributed by atoms with van der Waals surface area (Å²) in [5.41, 5.74) is 0.239. The molecule has 0 aromatic carbocycles. The quantitative estimate of drug-likeness (QED) is 0.619. The highest BCUT2D eigenvalue weighted by molar-refractivity contribution is 5.94. The monoisotopic (exact) mass is 250 g/mol. The van der Waals surface area contributed by atoms with Gasteiger partial charge >= 0.3 is 5.97 Å². The molecular formula is C12H11FN2O3. The average molecular weight is 250 g/mol. The molecule has 1 aromatic heterocycles. The van der Waals surface area contributed by atoms with Crippen molar-refractivity contribution in [3.05, 3.63) is 42.0 Å². The Morgan fingerprint density at radius 3 is 2.72 bits per heavy atom. The van der Waals surface area contributed by atoms with Crippen molar-refractivity contribution in [2.45, 2.75) is 12.5 Å². The van der Waals surface area contributed by atoms with Crippen molar-refractivity contribution in [1.29, 1.82) is 0 Å². The van der Waals surface area contributed by atoms with E-state index >= 15 is 0 Å². The summed E-state index contributed by atoms with van der Waals surface area (Å²) in [7, 11) is 0. The molecule has 0 fully saturated rings. The maximum Gasteiger partial charge on any atom is 0.310 e. The lowest BCUT2D eigenvalue weighted by Gasteiger charge is -2.11. The molecule has 1 aliphatic carbocycles. The van der Waals surface area contributed by atoms with Gasteiger partial charge in [0.25, 0.3) is 5.91 Å². The maximum atomic E-state index is 12.6. The number of carboxylic acid groups (broad SMARTS) is 1. The van der Waals surface area contributed by atoms with Crippen molar-refractivity contribution < 1.29 is 19.1 Å². The zero-order valence-corrected chi connectivity index (χ0v) is 9.34. The predicted octanol–water partition coefficient (Wildman–Crippen LogP) is 0.980. The largest absolute Gasteiger partial charge is 0.481 e. The summed E-state index contributed by atoms with van der Waals surface area (Å²) in [4.78, 5) is 25.8. The molecule has 2 unspecified atom stereocenters. The summed E-state index contributed by atoms with van der Waals surface area (Å²) in [6.45, 7) is 0. The Hall–Kier alpha value is -2.24. The number of pyridine rings is 1. The minimum Gasteiger partial charge on any atom is -0.481 e. The molecule has 2 N–H and O–H groups in total. The van der Waals surface area contributed by atoms with Crippen LogP contribution in [0.4, 0.5) is 4.39 Å². The first-order valence-corrected chi connectivity index (χ1v) is 5.40. The third-order valence-corrected chi connectivity index (χ3v) is 2.71. The van der Waals surface area contributed by atoms with E-state index in [9.17, 15) is 14.0 Å². The molecule has 0 radical (unpaired) electrons. The minimum atomic E-state index is -0.911. The molecule has 1 amide bonds. The molecule has 5 nitrogen and oxygen atoms in total. The van der Waals surface area contributed by atoms with Gasteiger partial charge in [0, 0.05) is 12.2 Å². The summed E-state index contributed by atoms with van der Waals surface area (Å²) in [6.07, 6.45) is 4.66. The third-order valence-electron chi connectivity index (χ3n) is 2.71. The van der Waals surface area contributed by atoms with Crippen LogP contribution in [0.2, 0.25) is 0 Å². The first-order valence-electron chi connectivity index (χ1n) is 5.40. The van der Waals surface area contributed by atoms with Crippen molar-refractivity contribution in [3.8, 4) is 0 Å². The van der Waals surface area contributed by atoms with Gasteiger partial charge in [0.05, 0.1) is 11.5 Å². The van der Waals surface area contributed by atoms with Crippen LogP contribution in [0.25, 0.3) is 0 Å². The molecule has 0 saturated heterocycles. The minimum absolute atomic E-state index is 0.239. The lowest BCUT2D eigenvalue weighted by molar-refractivity contribution is -0.140. The highest BCUT2D eigenvalue weighted by Crippen LogP contribution is 2.18. The molecule has 0 bridgehead atoms. The second-order valence-corrected chi connectivity index (χ2v) is 4.01. The smallest absolute Gasteiger partial charge is 0.310 e. The van der Waals surface area contributed by atoms with E-state index in [1.54, 1.807) is 12.2 Å². The Morgan fingerprint density at radius 1 is 1.39 bits per heavy atom. The molecule has 0 saturated carbocycles. The van der Waals surface area contributed by atoms with Crippen LogP contribution < -0.4 is 5.32 Å². The fourth-order valence-corrected chi connectivity index (χ4v) is 1.75. The molecule has 1 aromatic rings. The summed E-state index contributed by atoms with van der Waals surface area (Å²) >= 11 is 0. The summed E-state index contributed by atoms with van der Waals surface area (Å²) < 4.78 is 12.6. The molecular weight excluding hydrogens is 239 g/mol. The number of aliphatic carboxylic acids is 1. The fraction of sp³-hybridized carbons (Fsp3) is 0.250. The van der Waals surface area contributed by atoms with Crippen LogP contribution in [-0.4, -0.2) is 28.0 Å². The van der Waals surface area contributed by atoms with E-state index in [2.05, 4.69) is 10.3 Å². The second kappa shape index (κ2) is 4.95. The van der Waals surface area contributed by atoms with Crippen molar-refractivity contribution >= 4 is 11.9 Å². The predicted molar refractivity (Wildman–Crippen MR) is 60.3 cm³/mol. The number of hydrogen-bond acceptors (Lipinski definition) is 3. The standard InChI is InChI=1S/C12H11FN2O3/c13-10-4-2-8(6-14-10)11(16)15-9-3-1-7(5-9)12(17)18/h1-4,6-7,9H,5H2,(H,15,16)(H,17,18). The van der Waals surface area contributed by atoms with Crippen LogP contribution in [0.5, 0.6) is 0 Å². The molecule has 2 atom stereocenters. The molecule has 1 heterocycles. The van der Waals surface area contributed by atoms with Gasteiger partial charge in [-0.15, -0.1) is 0 Å². The van der Waals surface area contributed by atoms with Crippen LogP contribution in [0.15, 0.2) is 30.5 Å². The van der Waals surface area contributed by atoms with Crippen LogP contribution in [0.1, 0.15) is 16.8 Å². The van der Waals surface area contributed by atoms with Gasteiger partial charge in [0.15, 0.2) is 0 Å². The van der Waals surface area contributed by atoms with E-state index in [1.807, 2.05) is 0 Å². The average Bonchev–Trinajstić information content (AvgIpc) is 2.78. The Labute approximate surface area is 102 Å². The second-order valence-electron chi connectivity index (χ2n) is 4.01. The number of amides is 1. The van der Waals surface area contributed by atoms with Gasteiger partial charge in [-0.25, -0.2) is 4.98 Å². The van der Waals surface area contributed by atoms with E-state index < -0.39 is 23.7 Å². The fourth-order valence-electron chi connectivity index (χ4n) is 1.75. The van der Waals surface area contributed by atoms with Gasteiger partial charge in [-0.05, 0) is 18.6 Å². The zero-order chi connectivity index (χ0) is 13.1. The molecule has 18 heavy (non-hydrogen) atoms. The van der Waals surface area contributed by atoms with Crippen LogP contribution >= 0.6 is 0 Å². The van der Waals surface area contributed by atoms with Crippen molar-refractivity contribution in [2.75, 3.05) is 0 Å². The zero-order valence-electron chi connectivity index (χ0n) is 9.34. The Balaban J connectivity index is 1.95. The Morgan fingerprint density at radius 2 is 2.17 bits per heavy atom. The lowest BCUT2D eigenvalue weighted by atomic mass is 10.1. The summed E-state index contributed by atoms with van der Waals surface area (Å²) in [6, 6.07) is 2.11. The van der Waals surface area contributed by atoms with Gasteiger partial charge in [-0.2, -0.15) is 4.39 Å². The highest BCUT2D eigenvalue weighted by Gasteiger charge is 2.25. The first kappa shape index (κ1) is 12.2. The van der Waals surface area contributed by atoms with E-state index in [0.29, 0.717) is 6.42 Å². The Kier molecular flexibility index (Phi) is 3.36. The van der Waals surface area contributed by atoms with Crippen LogP contribution in [0.3, 0.4) is 0 Å². The number of carbonyl (C=O) groups excluding carboxylic acids is 1. The normalized spacial score (nSPS) is 21.8. The summed E-state index contributed by atoms with van der Waals surface area (Å²) in [5, 5.41) is 11.4. The molecule has 94 valence electrons. The van der Waals surface area contributed by atoms with E-state index in [1.165, 1.54) is 6.07 Å². The molecule has 0 aliphatic heterocycles. The van der Waals surface area contributed by atoms with E-state index in [-0.39, 0.29) is 11.6 Å². The van der Waals surface area contributed by atoms with Gasteiger partial charge in [-0.1, -0.05) is 12.2 Å². The maximum absolute atomic E-state index is 12.6. The van der Waals surface area contributed by atoms with E-state index in [4.69, 9.17) is 5.11 Å². The number of carbonyl (C=O) groups is 2. The molecule has 1 aliphatic rings. The van der Waals surface area contributed by atoms with Crippen molar-refractivity contribution in [2.24, 2.45) is 5.92 Å². The van der Waals surface area contributed by atoms with Gasteiger partial charge < -0.3 is 10.4 Å². The first-order chi connectivity index (χ1) is 8.56. The number of rotatable bonds is 3. The lowest BCUT2D eigenvalue weighted by Crippen LogP contribution is -2.33. The SMILES string of the molecule is O=C(NC1C=CC(C(=O)O)C1)c1ccc(F)nc1. The van der Waals surface area contributed by atoms with Gasteiger partial charge in [-0.3, -0.25) is 9.59 Å². The number of aromatic nitrogens is 1. The topological polar surface area (TPSA) is 79.3 Å². The van der Waals surface area contributed by atoms with Crippen molar-refractivity contribution in [1.82, 2.24) is 10.3 Å². The molecule has 2 rings (SSSR count). The Bertz CT molecular complexity index is 499.